The van der Waals surface area contributed by atoms with Crippen molar-refractivity contribution in [3.8, 4) is 0 Å². The van der Waals surface area contributed by atoms with Gasteiger partial charge in [0.2, 0.25) is 5.91 Å². The third-order valence-corrected chi connectivity index (χ3v) is 5.28. The summed E-state index contributed by atoms with van der Waals surface area (Å²) in [4.78, 5) is 35.7. The molecule has 2 amide bonds. The second kappa shape index (κ2) is 7.59. The maximum absolute atomic E-state index is 13.1. The van der Waals surface area contributed by atoms with Crippen molar-refractivity contribution in [1.29, 1.82) is 0 Å². The van der Waals surface area contributed by atoms with Crippen LogP contribution in [0.25, 0.3) is 5.65 Å². The number of rotatable bonds is 3. The van der Waals surface area contributed by atoms with Crippen molar-refractivity contribution >= 4 is 34.7 Å². The zero-order valence-electron chi connectivity index (χ0n) is 15.4. The average Bonchev–Trinajstić information content (AvgIpc) is 3.03. The number of piperidine rings is 1. The molecule has 0 aliphatic carbocycles. The lowest BCUT2D eigenvalue weighted by Gasteiger charge is -2.31. The van der Waals surface area contributed by atoms with E-state index in [1.165, 1.54) is 0 Å². The molecule has 0 unspecified atom stereocenters. The lowest BCUT2D eigenvalue weighted by atomic mass is 9.95. The number of hydrogen-bond donors (Lipinski definition) is 1. The largest absolute Gasteiger partial charge is 0.337 e. The van der Waals surface area contributed by atoms with E-state index >= 15 is 0 Å². The van der Waals surface area contributed by atoms with Crippen molar-refractivity contribution in [1.82, 2.24) is 19.3 Å². The van der Waals surface area contributed by atoms with E-state index < -0.39 is 0 Å². The topological polar surface area (TPSA) is 79.6 Å². The molecule has 144 valence electrons. The SMILES string of the molecule is Cc1nc2ccc(Cl)cn2c1C(=O)N1CCC(C(=O)Nc2ccncc2)CC1. The van der Waals surface area contributed by atoms with Crippen molar-refractivity contribution < 1.29 is 9.59 Å². The van der Waals surface area contributed by atoms with Crippen LogP contribution in [0.3, 0.4) is 0 Å². The fraction of sp³-hybridized carbons (Fsp3) is 0.300. The first-order valence-electron chi connectivity index (χ1n) is 9.17. The molecule has 4 rings (SSSR count). The van der Waals surface area contributed by atoms with Crippen molar-refractivity contribution in [2.24, 2.45) is 5.92 Å². The van der Waals surface area contributed by atoms with Gasteiger partial charge in [-0.3, -0.25) is 19.0 Å². The number of halogens is 1. The lowest BCUT2D eigenvalue weighted by molar-refractivity contribution is -0.121. The molecule has 0 spiro atoms. The van der Waals surface area contributed by atoms with Crippen LogP contribution in [0.5, 0.6) is 0 Å². The Bertz CT molecular complexity index is 1030. The predicted octanol–water partition coefficient (Wildman–Crippen LogP) is 3.18. The quantitative estimate of drug-likeness (QED) is 0.736. The molecule has 4 heterocycles. The van der Waals surface area contributed by atoms with E-state index in [9.17, 15) is 9.59 Å². The minimum atomic E-state index is -0.116. The molecular weight excluding hydrogens is 378 g/mol. The van der Waals surface area contributed by atoms with Gasteiger partial charge < -0.3 is 10.2 Å². The van der Waals surface area contributed by atoms with E-state index in [-0.39, 0.29) is 17.7 Å². The molecule has 1 saturated heterocycles. The number of anilines is 1. The first-order valence-corrected chi connectivity index (χ1v) is 9.55. The van der Waals surface area contributed by atoms with Crippen LogP contribution in [-0.4, -0.2) is 44.2 Å². The summed E-state index contributed by atoms with van der Waals surface area (Å²) in [6, 6.07) is 7.07. The summed E-state index contributed by atoms with van der Waals surface area (Å²) in [5.74, 6) is -0.216. The monoisotopic (exact) mass is 397 g/mol. The van der Waals surface area contributed by atoms with Crippen LogP contribution in [0.4, 0.5) is 5.69 Å². The normalized spacial score (nSPS) is 15.0. The molecule has 0 aromatic carbocycles. The fourth-order valence-corrected chi connectivity index (χ4v) is 3.73. The second-order valence-corrected chi connectivity index (χ2v) is 7.35. The Balaban J connectivity index is 1.44. The van der Waals surface area contributed by atoms with Crippen molar-refractivity contribution in [2.75, 3.05) is 18.4 Å². The van der Waals surface area contributed by atoms with Crippen LogP contribution in [0.1, 0.15) is 29.0 Å². The number of hydrogen-bond acceptors (Lipinski definition) is 4. The number of carbonyl (C=O) groups is 2. The van der Waals surface area contributed by atoms with Crippen LogP contribution in [-0.2, 0) is 4.79 Å². The zero-order chi connectivity index (χ0) is 19.7. The van der Waals surface area contributed by atoms with E-state index in [0.29, 0.717) is 48.0 Å². The van der Waals surface area contributed by atoms with Gasteiger partial charge in [0.1, 0.15) is 11.3 Å². The number of amides is 2. The Labute approximate surface area is 167 Å². The minimum absolute atomic E-state index is 0.0175. The number of aromatic nitrogens is 3. The molecule has 3 aromatic heterocycles. The van der Waals surface area contributed by atoms with E-state index in [4.69, 9.17) is 11.6 Å². The third kappa shape index (κ3) is 3.57. The van der Waals surface area contributed by atoms with Crippen molar-refractivity contribution in [2.45, 2.75) is 19.8 Å². The first-order chi connectivity index (χ1) is 13.5. The summed E-state index contributed by atoms with van der Waals surface area (Å²) in [6.07, 6.45) is 6.24. The lowest BCUT2D eigenvalue weighted by Crippen LogP contribution is -2.42. The molecule has 8 heteroatoms. The number of imidazole rings is 1. The number of nitrogens with zero attached hydrogens (tertiary/aromatic N) is 4. The number of fused-ring (bicyclic) bond motifs is 1. The Hall–Kier alpha value is -2.93. The van der Waals surface area contributed by atoms with Gasteiger partial charge in [0.15, 0.2) is 0 Å². The summed E-state index contributed by atoms with van der Waals surface area (Å²) >= 11 is 6.09. The van der Waals surface area contributed by atoms with Gasteiger partial charge in [0.05, 0.1) is 10.7 Å². The Kier molecular flexibility index (Phi) is 5.00. The molecule has 1 aliphatic rings. The number of nitrogens with one attached hydrogen (secondary N) is 1. The standard InChI is InChI=1S/C20H20ClN5O2/c1-13-18(26-12-15(21)2-3-17(26)23-13)20(28)25-10-6-14(7-11-25)19(27)24-16-4-8-22-9-5-16/h2-5,8-9,12,14H,6-7,10-11H2,1H3,(H,22,24,27). The third-order valence-electron chi connectivity index (χ3n) is 5.06. The van der Waals surface area contributed by atoms with Gasteiger partial charge in [-0.1, -0.05) is 11.6 Å². The molecule has 3 aromatic rings. The Morgan fingerprint density at radius 3 is 2.57 bits per heavy atom. The minimum Gasteiger partial charge on any atom is -0.337 e. The van der Waals surface area contributed by atoms with E-state index in [0.717, 1.165) is 5.69 Å². The molecule has 0 radical (unpaired) electrons. The highest BCUT2D eigenvalue weighted by molar-refractivity contribution is 6.30. The summed E-state index contributed by atoms with van der Waals surface area (Å²) in [5, 5.41) is 3.46. The van der Waals surface area contributed by atoms with Gasteiger partial charge >= 0.3 is 0 Å². The highest BCUT2D eigenvalue weighted by Crippen LogP contribution is 2.23. The molecule has 0 saturated carbocycles. The van der Waals surface area contributed by atoms with Crippen molar-refractivity contribution in [3.63, 3.8) is 0 Å². The molecule has 28 heavy (non-hydrogen) atoms. The van der Waals surface area contributed by atoms with Gasteiger partial charge in [-0.05, 0) is 44.0 Å². The second-order valence-electron chi connectivity index (χ2n) is 6.91. The summed E-state index contributed by atoms with van der Waals surface area (Å²) in [6.45, 7) is 2.88. The number of pyridine rings is 2. The summed E-state index contributed by atoms with van der Waals surface area (Å²) in [7, 11) is 0. The fourth-order valence-electron chi connectivity index (χ4n) is 3.57. The van der Waals surface area contributed by atoms with Gasteiger partial charge in [-0.25, -0.2) is 4.98 Å². The maximum Gasteiger partial charge on any atom is 0.272 e. The van der Waals surface area contributed by atoms with E-state index in [1.54, 1.807) is 52.2 Å². The van der Waals surface area contributed by atoms with Crippen LogP contribution in [0.2, 0.25) is 5.02 Å². The first kappa shape index (κ1) is 18.4. The Morgan fingerprint density at radius 2 is 1.86 bits per heavy atom. The molecule has 7 nitrogen and oxygen atoms in total. The average molecular weight is 398 g/mol. The molecule has 1 fully saturated rings. The maximum atomic E-state index is 13.1. The van der Waals surface area contributed by atoms with Gasteiger partial charge in [-0.2, -0.15) is 0 Å². The highest BCUT2D eigenvalue weighted by Gasteiger charge is 2.30. The zero-order valence-corrected chi connectivity index (χ0v) is 16.2. The summed E-state index contributed by atoms with van der Waals surface area (Å²) < 4.78 is 1.74. The van der Waals surface area contributed by atoms with Gasteiger partial charge in [0, 0.05) is 43.3 Å². The molecule has 0 bridgehead atoms. The van der Waals surface area contributed by atoms with Crippen LogP contribution in [0, 0.1) is 12.8 Å². The highest BCUT2D eigenvalue weighted by atomic mass is 35.5. The van der Waals surface area contributed by atoms with Crippen LogP contribution < -0.4 is 5.32 Å². The van der Waals surface area contributed by atoms with Crippen LogP contribution in [0.15, 0.2) is 42.9 Å². The smallest absolute Gasteiger partial charge is 0.272 e. The number of aryl methyl sites for hydroxylation is 1. The predicted molar refractivity (Wildman–Crippen MR) is 106 cm³/mol. The van der Waals surface area contributed by atoms with Gasteiger partial charge in [0.25, 0.3) is 5.91 Å². The van der Waals surface area contributed by atoms with E-state index in [1.807, 2.05) is 6.92 Å². The van der Waals surface area contributed by atoms with Crippen LogP contribution >= 0.6 is 11.6 Å². The Morgan fingerprint density at radius 1 is 1.14 bits per heavy atom. The molecular formula is C20H20ClN5O2. The van der Waals surface area contributed by atoms with E-state index in [2.05, 4.69) is 15.3 Å². The molecule has 0 atom stereocenters. The molecule has 1 aliphatic heterocycles. The summed E-state index contributed by atoms with van der Waals surface area (Å²) in [5.41, 5.74) is 2.62. The number of carbonyl (C=O) groups excluding carboxylic acids is 2. The molecule has 1 N–H and O–H groups in total. The number of likely N-dealkylation sites (tertiary alicyclic amines) is 1. The van der Waals surface area contributed by atoms with Gasteiger partial charge in [-0.15, -0.1) is 0 Å². The van der Waals surface area contributed by atoms with Crippen molar-refractivity contribution in [3.05, 3.63) is 59.3 Å².